The number of ketones is 3. The Morgan fingerprint density at radius 1 is 0.826 bits per heavy atom. The van der Waals surface area contributed by atoms with Gasteiger partial charge in [-0.3, -0.25) is 52.8 Å². The highest BCUT2D eigenvalue weighted by Crippen LogP contribution is 2.39. The van der Waals surface area contributed by atoms with Crippen molar-refractivity contribution < 1.29 is 92.4 Å². The number of ether oxygens (including phenoxy) is 2. The van der Waals surface area contributed by atoms with E-state index in [2.05, 4.69) is 21.3 Å². The number of fused-ring (bicyclic) bond motifs is 5. The number of likely N-dealkylation sites (tertiary alicyclic amines) is 1. The maximum absolute atomic E-state index is 15.4. The summed E-state index contributed by atoms with van der Waals surface area (Å²) in [5.41, 5.74) is 0.549. The third kappa shape index (κ3) is 15.5. The number of carbonyl (C=O) groups excluding carboxylic acids is 10. The topological polar surface area (TPSA) is 397 Å². The summed E-state index contributed by atoms with van der Waals surface area (Å²) in [5.74, 6) is -8.16. The first-order valence-corrected chi connectivity index (χ1v) is 28.1. The van der Waals surface area contributed by atoms with Crippen LogP contribution in [0, 0.1) is 18.7 Å². The predicted molar refractivity (Wildman–Crippen MR) is 298 cm³/mol. The Morgan fingerprint density at radius 2 is 1.49 bits per heavy atom. The molecule has 7 rings (SSSR count). The number of carbonyl (C=O) groups is 10. The maximum Gasteiger partial charge on any atom is 0.343 e. The zero-order valence-electron chi connectivity index (χ0n) is 47.6. The van der Waals surface area contributed by atoms with Crippen LogP contribution in [0.5, 0.6) is 0 Å². The SMILES string of the molecule is CC[C@@]1(O)C(=O)OCc2c1cc1n(c2=O)Cc2cc3c(CNC(=O)COCNC(=O)CCC(=O)[C@H](Cc4ccccc4)NC(=O)CCC(=O)[C@H](CCC(=O)CC[C@H](O)[C@@H](O)[C@H](O)[C@H](O)CO)NC(=O)CN4C(=O)CC(C)C4=O)c(C)c(F)cc3nc2-1. The first kappa shape index (κ1) is 65.5. The summed E-state index contributed by atoms with van der Waals surface area (Å²) in [6.45, 7) is 1.62. The van der Waals surface area contributed by atoms with Crippen LogP contribution in [0.3, 0.4) is 0 Å². The molecule has 26 nitrogen and oxygen atoms in total. The standard InChI is InChI=1S/C59H70FN7O19/c1-4-59(84)38-21-43-53-33(24-66(43)57(82)37(38)27-86-58(59)83)20-35-36(31(3)39(60)22-41(35)65-53)23-61-51(77)28-85-29-62-48(74)16-14-45(71)42(19-32-8-6-5-7-9-32)64-49(75)17-15-44(70)40(63-50(76)25-67-52(78)18-30(2)56(67)81)12-10-34(69)11-13-46(72)54(79)55(80)47(73)26-68/h5-9,20-22,30,40,42,46-47,54-55,68,72-73,79-80,84H,4,10-19,23-29H2,1-3H3,(H,61,77)(H,62,74)(H,63,76)(H,64,75)/t30?,40-,42-,46-,47+,54+,55+,59-/m0/s1. The lowest BCUT2D eigenvalue weighted by Gasteiger charge is -2.31. The third-order valence-electron chi connectivity index (χ3n) is 15.7. The molecule has 3 aliphatic heterocycles. The number of nitrogens with zero attached hydrogens (tertiary/aromatic N) is 3. The zero-order chi connectivity index (χ0) is 62.7. The van der Waals surface area contributed by atoms with Gasteiger partial charge >= 0.3 is 5.97 Å². The summed E-state index contributed by atoms with van der Waals surface area (Å²) in [6, 6.07) is 10.5. The Balaban J connectivity index is 0.896. The molecule has 1 fully saturated rings. The molecule has 10 N–H and O–H groups in total. The number of hydrogen-bond acceptors (Lipinski definition) is 20. The molecule has 86 heavy (non-hydrogen) atoms. The Labute approximate surface area is 491 Å². The van der Waals surface area contributed by atoms with Gasteiger partial charge in [0.2, 0.25) is 35.4 Å². The van der Waals surface area contributed by atoms with Gasteiger partial charge in [0.05, 0.1) is 53.8 Å². The van der Waals surface area contributed by atoms with Crippen LogP contribution in [0.25, 0.3) is 22.3 Å². The van der Waals surface area contributed by atoms with Crippen LogP contribution in [0.4, 0.5) is 4.39 Å². The van der Waals surface area contributed by atoms with Gasteiger partial charge in [-0.1, -0.05) is 44.2 Å². The van der Waals surface area contributed by atoms with Gasteiger partial charge in [0, 0.05) is 80.0 Å². The van der Waals surface area contributed by atoms with E-state index in [1.165, 1.54) is 24.5 Å². The second-order valence-electron chi connectivity index (χ2n) is 21.7. The Morgan fingerprint density at radius 3 is 2.16 bits per heavy atom. The summed E-state index contributed by atoms with van der Waals surface area (Å²) in [5, 5.41) is 70.8. The molecule has 1 unspecified atom stereocenters. The molecule has 462 valence electrons. The van der Waals surface area contributed by atoms with Crippen molar-refractivity contribution in [2.24, 2.45) is 5.92 Å². The molecular weight excluding hydrogens is 1130 g/mol. The van der Waals surface area contributed by atoms with E-state index in [-0.39, 0.29) is 93.3 Å². The van der Waals surface area contributed by atoms with Crippen LogP contribution in [-0.2, 0) is 89.1 Å². The van der Waals surface area contributed by atoms with E-state index in [9.17, 15) is 78.3 Å². The molecule has 2 aromatic heterocycles. The molecule has 0 spiro atoms. The monoisotopic (exact) mass is 1200 g/mol. The number of amides is 6. The number of aliphatic hydroxyl groups excluding tert-OH is 5. The van der Waals surface area contributed by atoms with Gasteiger partial charge in [-0.05, 0) is 61.4 Å². The minimum absolute atomic E-state index is 0.00858. The van der Waals surface area contributed by atoms with Gasteiger partial charge in [0.25, 0.3) is 5.56 Å². The molecule has 0 saturated carbocycles. The van der Waals surface area contributed by atoms with E-state index in [0.717, 1.165) is 4.90 Å². The Hall–Kier alpha value is -8.05. The van der Waals surface area contributed by atoms with Crippen LogP contribution < -0.4 is 26.8 Å². The van der Waals surface area contributed by atoms with E-state index in [1.54, 1.807) is 49.4 Å². The zero-order valence-corrected chi connectivity index (χ0v) is 47.6. The van der Waals surface area contributed by atoms with Crippen molar-refractivity contribution in [1.29, 1.82) is 0 Å². The predicted octanol–water partition coefficient (Wildman–Crippen LogP) is -0.895. The quantitative estimate of drug-likeness (QED) is 0.0111. The number of cyclic esters (lactones) is 1. The summed E-state index contributed by atoms with van der Waals surface area (Å²) < 4.78 is 27.4. The van der Waals surface area contributed by atoms with Crippen LogP contribution in [0.2, 0.25) is 0 Å². The molecule has 0 aliphatic carbocycles. The van der Waals surface area contributed by atoms with Crippen LogP contribution in [0.15, 0.2) is 53.3 Å². The number of aliphatic hydroxyl groups is 6. The Kier molecular flexibility index (Phi) is 22.0. The first-order chi connectivity index (χ1) is 40.8. The summed E-state index contributed by atoms with van der Waals surface area (Å²) in [7, 11) is 0. The number of rotatable bonds is 31. The lowest BCUT2D eigenvalue weighted by molar-refractivity contribution is -0.172. The summed E-state index contributed by atoms with van der Waals surface area (Å²) in [6.07, 6.45) is -10.8. The lowest BCUT2D eigenvalue weighted by Crippen LogP contribution is -2.47. The molecule has 2 aromatic carbocycles. The largest absolute Gasteiger partial charge is 0.458 e. The molecule has 3 aliphatic rings. The van der Waals surface area contributed by atoms with Crippen molar-refractivity contribution >= 4 is 69.7 Å². The second kappa shape index (κ2) is 28.9. The van der Waals surface area contributed by atoms with Crippen molar-refractivity contribution in [3.05, 3.63) is 98.1 Å². The number of nitrogens with one attached hydrogen (secondary N) is 4. The molecule has 0 bridgehead atoms. The van der Waals surface area contributed by atoms with Gasteiger partial charge in [-0.15, -0.1) is 0 Å². The molecule has 1 saturated heterocycles. The smallest absolute Gasteiger partial charge is 0.343 e. The molecule has 5 heterocycles. The summed E-state index contributed by atoms with van der Waals surface area (Å²) in [4.78, 5) is 149. The van der Waals surface area contributed by atoms with E-state index in [4.69, 9.17) is 19.6 Å². The van der Waals surface area contributed by atoms with Gasteiger partial charge in [0.1, 0.15) is 56.4 Å². The van der Waals surface area contributed by atoms with Crippen molar-refractivity contribution in [3.63, 3.8) is 0 Å². The van der Waals surface area contributed by atoms with Crippen LogP contribution >= 0.6 is 0 Å². The molecule has 8 atom stereocenters. The van der Waals surface area contributed by atoms with Crippen molar-refractivity contribution in [1.82, 2.24) is 35.7 Å². The molecule has 6 amide bonds. The molecule has 4 aromatic rings. The van der Waals surface area contributed by atoms with E-state index >= 15 is 4.39 Å². The first-order valence-electron chi connectivity index (χ1n) is 28.1. The van der Waals surface area contributed by atoms with Gasteiger partial charge in [-0.25, -0.2) is 14.2 Å². The van der Waals surface area contributed by atoms with Crippen molar-refractivity contribution in [2.45, 2.75) is 153 Å². The van der Waals surface area contributed by atoms with Crippen LogP contribution in [0.1, 0.15) is 111 Å². The van der Waals surface area contributed by atoms with Crippen molar-refractivity contribution in [3.8, 4) is 11.4 Å². The summed E-state index contributed by atoms with van der Waals surface area (Å²) >= 11 is 0. The fourth-order valence-corrected chi connectivity index (χ4v) is 10.5. The van der Waals surface area contributed by atoms with E-state index in [1.807, 2.05) is 0 Å². The highest BCUT2D eigenvalue weighted by Gasteiger charge is 2.46. The minimum Gasteiger partial charge on any atom is -0.458 e. The number of aromatic nitrogens is 2. The second-order valence-corrected chi connectivity index (χ2v) is 21.7. The van der Waals surface area contributed by atoms with Crippen LogP contribution in [-0.4, -0.2) is 167 Å². The third-order valence-corrected chi connectivity index (χ3v) is 15.7. The van der Waals surface area contributed by atoms with E-state index in [0.29, 0.717) is 33.5 Å². The lowest BCUT2D eigenvalue weighted by atomic mass is 9.86. The highest BCUT2D eigenvalue weighted by atomic mass is 19.1. The van der Waals surface area contributed by atoms with E-state index < -0.39 is 164 Å². The minimum atomic E-state index is -2.03. The highest BCUT2D eigenvalue weighted by molar-refractivity contribution is 6.06. The van der Waals surface area contributed by atoms with Gasteiger partial charge in [0.15, 0.2) is 17.2 Å². The maximum atomic E-state index is 15.4. The van der Waals surface area contributed by atoms with Gasteiger partial charge < -0.3 is 65.9 Å². The van der Waals surface area contributed by atoms with Crippen molar-refractivity contribution in [2.75, 3.05) is 26.5 Å². The van der Waals surface area contributed by atoms with Gasteiger partial charge in [-0.2, -0.15) is 0 Å². The molecule has 27 heteroatoms. The fraction of sp³-hybridized carbons (Fsp3) is 0.492. The number of esters is 1. The molecule has 0 radical (unpaired) electrons. The number of pyridine rings is 2. The average Bonchev–Trinajstić information content (AvgIpc) is 1.48. The number of halogens is 1. The number of Topliss-reactive ketones (excluding diaryl/α,β-unsaturated/α-hetero) is 3. The fourth-order valence-electron chi connectivity index (χ4n) is 10.5. The molecular formula is C59H70FN7O19. The average molecular weight is 1200 g/mol. The Bertz CT molecular complexity index is 3360. The number of imide groups is 1. The number of hydrogen-bond donors (Lipinski definition) is 10. The number of benzene rings is 2. The normalized spacial score (nSPS) is 18.2.